The highest BCUT2D eigenvalue weighted by atomic mass is 35.5. The molecule has 0 aliphatic carbocycles. The van der Waals surface area contributed by atoms with Crippen molar-refractivity contribution in [3.05, 3.63) is 17.0 Å². The summed E-state index contributed by atoms with van der Waals surface area (Å²) >= 11 is 7.03. The average Bonchev–Trinajstić information content (AvgIpc) is 2.87. The summed E-state index contributed by atoms with van der Waals surface area (Å²) < 4.78 is 27.2. The molecule has 1 saturated heterocycles. The second kappa shape index (κ2) is 6.75. The molecule has 1 aromatic heterocycles. The molecular weight excluding hydrogens is 316 g/mol. The fraction of sp³-hybridized carbons (Fsp3) is 0.692. The molecule has 1 fully saturated rings. The summed E-state index contributed by atoms with van der Waals surface area (Å²) in [6, 6.07) is 3.63. The van der Waals surface area contributed by atoms with E-state index in [-0.39, 0.29) is 6.04 Å². The number of thiophene rings is 1. The van der Waals surface area contributed by atoms with Gasteiger partial charge in [-0.2, -0.15) is 4.31 Å². The van der Waals surface area contributed by atoms with Gasteiger partial charge in [-0.1, -0.05) is 0 Å². The van der Waals surface area contributed by atoms with Crippen molar-refractivity contribution in [1.82, 2.24) is 9.21 Å². The maximum atomic E-state index is 12.6. The van der Waals surface area contributed by atoms with Crippen LogP contribution >= 0.6 is 22.9 Å². The van der Waals surface area contributed by atoms with Gasteiger partial charge in [0.05, 0.1) is 0 Å². The Bertz CT molecular complexity index is 544. The zero-order valence-corrected chi connectivity index (χ0v) is 14.3. The molecule has 0 bridgehead atoms. The van der Waals surface area contributed by atoms with Crippen molar-refractivity contribution in [2.45, 2.75) is 29.5 Å². The van der Waals surface area contributed by atoms with E-state index in [1.54, 1.807) is 17.4 Å². The van der Waals surface area contributed by atoms with Gasteiger partial charge in [0.15, 0.2) is 0 Å². The molecule has 1 aliphatic heterocycles. The highest BCUT2D eigenvalue weighted by molar-refractivity contribution is 7.91. The quantitative estimate of drug-likeness (QED) is 0.774. The van der Waals surface area contributed by atoms with Crippen LogP contribution in [0.2, 0.25) is 0 Å². The number of sulfonamides is 1. The number of piperidine rings is 1. The second-order valence-electron chi connectivity index (χ2n) is 5.24. The van der Waals surface area contributed by atoms with E-state index < -0.39 is 10.0 Å². The predicted octanol–water partition coefficient (Wildman–Crippen LogP) is 2.24. The van der Waals surface area contributed by atoms with E-state index in [0.29, 0.717) is 10.1 Å². The Labute approximate surface area is 130 Å². The number of aryl methyl sites for hydroxylation is 1. The lowest BCUT2D eigenvalue weighted by atomic mass is 10.1. The molecule has 4 nitrogen and oxygen atoms in total. The van der Waals surface area contributed by atoms with Crippen LogP contribution in [0.1, 0.15) is 17.7 Å². The van der Waals surface area contributed by atoms with Gasteiger partial charge >= 0.3 is 0 Å². The first-order valence-corrected chi connectivity index (χ1v) is 9.55. The molecule has 0 spiro atoms. The molecule has 0 radical (unpaired) electrons. The van der Waals surface area contributed by atoms with Crippen molar-refractivity contribution in [2.24, 2.45) is 0 Å². The zero-order chi connectivity index (χ0) is 14.8. The maximum Gasteiger partial charge on any atom is 0.252 e. The maximum absolute atomic E-state index is 12.6. The van der Waals surface area contributed by atoms with Crippen LogP contribution in [0.5, 0.6) is 0 Å². The Balaban J connectivity index is 2.15. The number of halogens is 1. The van der Waals surface area contributed by atoms with E-state index in [9.17, 15) is 8.42 Å². The molecule has 0 aromatic carbocycles. The highest BCUT2D eigenvalue weighted by Gasteiger charge is 2.31. The van der Waals surface area contributed by atoms with E-state index in [4.69, 9.17) is 11.6 Å². The molecule has 2 heterocycles. The van der Waals surface area contributed by atoms with Crippen LogP contribution in [-0.4, -0.2) is 56.7 Å². The van der Waals surface area contributed by atoms with E-state index in [1.165, 1.54) is 11.3 Å². The lowest BCUT2D eigenvalue weighted by molar-refractivity contribution is 0.188. The second-order valence-corrected chi connectivity index (χ2v) is 9.01. The fourth-order valence-electron chi connectivity index (χ4n) is 2.50. The summed E-state index contributed by atoms with van der Waals surface area (Å²) in [5.74, 6) is 0.517. The number of nitrogens with zero attached hydrogens (tertiary/aromatic N) is 2. The smallest absolute Gasteiger partial charge is 0.252 e. The van der Waals surface area contributed by atoms with Crippen LogP contribution in [-0.2, 0) is 16.4 Å². The van der Waals surface area contributed by atoms with Crippen molar-refractivity contribution in [3.8, 4) is 0 Å². The third-order valence-corrected chi connectivity index (χ3v) is 7.44. The van der Waals surface area contributed by atoms with E-state index in [0.717, 1.165) is 37.2 Å². The van der Waals surface area contributed by atoms with Crippen molar-refractivity contribution in [2.75, 3.05) is 33.1 Å². The number of likely N-dealkylation sites (tertiary alicyclic amines) is 1. The number of hydrogen-bond donors (Lipinski definition) is 0. The Hall–Kier alpha value is -0.140. The normalized spacial score (nSPS) is 21.5. The first-order chi connectivity index (χ1) is 9.45. The summed E-state index contributed by atoms with van der Waals surface area (Å²) in [5.41, 5.74) is 0. The molecule has 20 heavy (non-hydrogen) atoms. The first kappa shape index (κ1) is 16.2. The van der Waals surface area contributed by atoms with Gasteiger partial charge in [0.1, 0.15) is 4.21 Å². The van der Waals surface area contributed by atoms with Crippen LogP contribution < -0.4 is 0 Å². The van der Waals surface area contributed by atoms with Crippen LogP contribution in [0, 0.1) is 0 Å². The Morgan fingerprint density at radius 2 is 2.25 bits per heavy atom. The molecule has 114 valence electrons. The number of rotatable bonds is 5. The molecule has 0 amide bonds. The van der Waals surface area contributed by atoms with Crippen LogP contribution in [0.3, 0.4) is 0 Å². The lowest BCUT2D eigenvalue weighted by Crippen LogP contribution is -2.47. The third kappa shape index (κ3) is 3.54. The third-order valence-electron chi connectivity index (χ3n) is 3.73. The van der Waals surface area contributed by atoms with E-state index >= 15 is 0 Å². The molecule has 1 aliphatic rings. The van der Waals surface area contributed by atoms with Crippen LogP contribution in [0.15, 0.2) is 16.3 Å². The fourth-order valence-corrected chi connectivity index (χ4v) is 5.73. The van der Waals surface area contributed by atoms with Gasteiger partial charge in [-0.3, -0.25) is 0 Å². The van der Waals surface area contributed by atoms with E-state index in [2.05, 4.69) is 4.90 Å². The summed E-state index contributed by atoms with van der Waals surface area (Å²) in [7, 11) is 0.355. The molecule has 1 aromatic rings. The number of alkyl halides is 1. The topological polar surface area (TPSA) is 40.6 Å². The SMILES string of the molecule is CN1CCCC(N(C)S(=O)(=O)c2ccc(CCCl)s2)C1. The molecule has 7 heteroatoms. The zero-order valence-electron chi connectivity index (χ0n) is 11.9. The minimum Gasteiger partial charge on any atom is -0.305 e. The Morgan fingerprint density at radius 1 is 1.50 bits per heavy atom. The Kier molecular flexibility index (Phi) is 5.48. The van der Waals surface area contributed by atoms with Gasteiger partial charge in [0.25, 0.3) is 10.0 Å². The number of hydrogen-bond acceptors (Lipinski definition) is 4. The number of likely N-dealkylation sites (N-methyl/N-ethyl adjacent to an activating group) is 2. The van der Waals surface area contributed by atoms with Gasteiger partial charge in [-0.15, -0.1) is 22.9 Å². The minimum absolute atomic E-state index is 0.0670. The monoisotopic (exact) mass is 336 g/mol. The molecule has 0 saturated carbocycles. The minimum atomic E-state index is -3.38. The van der Waals surface area contributed by atoms with E-state index in [1.807, 2.05) is 13.1 Å². The standard InChI is InChI=1S/C13H21ClN2O2S2/c1-15-9-3-4-11(10-15)16(2)20(17,18)13-6-5-12(19-13)7-8-14/h5-6,11H,3-4,7-10H2,1-2H3. The molecule has 2 rings (SSSR count). The van der Waals surface area contributed by atoms with Crippen molar-refractivity contribution < 1.29 is 8.42 Å². The van der Waals surface area contributed by atoms with Crippen LogP contribution in [0.25, 0.3) is 0 Å². The van der Waals surface area contributed by atoms with Gasteiger partial charge in [-0.05, 0) is 45.0 Å². The summed E-state index contributed by atoms with van der Waals surface area (Å²) in [5, 5.41) is 0. The van der Waals surface area contributed by atoms with Crippen LogP contribution in [0.4, 0.5) is 0 Å². The summed E-state index contributed by atoms with van der Waals surface area (Å²) in [6.45, 7) is 1.85. The van der Waals surface area contributed by atoms with Gasteiger partial charge in [0.2, 0.25) is 0 Å². The summed E-state index contributed by atoms with van der Waals surface area (Å²) in [6.07, 6.45) is 2.70. The Morgan fingerprint density at radius 3 is 2.90 bits per heavy atom. The lowest BCUT2D eigenvalue weighted by Gasteiger charge is -2.34. The molecule has 1 atom stereocenters. The summed E-state index contributed by atoms with van der Waals surface area (Å²) in [4.78, 5) is 3.21. The molecule has 1 unspecified atom stereocenters. The predicted molar refractivity (Wildman–Crippen MR) is 84.2 cm³/mol. The first-order valence-electron chi connectivity index (χ1n) is 6.76. The van der Waals surface area contributed by atoms with Crippen molar-refractivity contribution in [1.29, 1.82) is 0 Å². The molecule has 0 N–H and O–H groups in total. The van der Waals surface area contributed by atoms with Gasteiger partial charge in [0, 0.05) is 30.4 Å². The average molecular weight is 337 g/mol. The van der Waals surface area contributed by atoms with Crippen molar-refractivity contribution >= 4 is 33.0 Å². The molecular formula is C13H21ClN2O2S2. The van der Waals surface area contributed by atoms with Gasteiger partial charge < -0.3 is 4.90 Å². The largest absolute Gasteiger partial charge is 0.305 e. The van der Waals surface area contributed by atoms with Crippen molar-refractivity contribution in [3.63, 3.8) is 0 Å². The van der Waals surface area contributed by atoms with Gasteiger partial charge in [-0.25, -0.2) is 8.42 Å². The highest BCUT2D eigenvalue weighted by Crippen LogP contribution is 2.27.